The zero-order valence-electron chi connectivity index (χ0n) is 4.69. The van der Waals surface area contributed by atoms with Crippen LogP contribution in [0.5, 0.6) is 0 Å². The average molecular weight is 146 g/mol. The third kappa shape index (κ3) is 3.64. The van der Waals surface area contributed by atoms with Gasteiger partial charge in [-0.25, -0.2) is 8.42 Å². The predicted octanol–water partition coefficient (Wildman–Crippen LogP) is -0.155. The van der Waals surface area contributed by atoms with Crippen molar-refractivity contribution in [1.82, 2.24) is 0 Å². The second-order valence-corrected chi connectivity index (χ2v) is 3.21. The first-order valence-corrected chi connectivity index (χ1v) is 3.85. The van der Waals surface area contributed by atoms with Gasteiger partial charge in [0.1, 0.15) is 0 Å². The van der Waals surface area contributed by atoms with Crippen molar-refractivity contribution in [3.8, 4) is 0 Å². The molecule has 0 saturated carbocycles. The molecule has 0 spiro atoms. The van der Waals surface area contributed by atoms with Crippen molar-refractivity contribution in [2.75, 3.05) is 5.75 Å². The minimum absolute atomic E-state index is 0.197. The fraction of sp³-hybridized carbons (Fsp3) is 0.250. The largest absolute Gasteiger partial charge is 0.370 e. The number of hydrogen-bond acceptors (Lipinski definition) is 2. The van der Waals surface area contributed by atoms with E-state index in [2.05, 4.69) is 11.4 Å². The van der Waals surface area contributed by atoms with E-state index in [1.54, 1.807) is 0 Å². The lowest BCUT2D eigenvalue weighted by Crippen LogP contribution is -2.04. The summed E-state index contributed by atoms with van der Waals surface area (Å²) in [6, 6.07) is 0. The lowest BCUT2D eigenvalue weighted by atomic mass is 10.8. The van der Waals surface area contributed by atoms with Crippen LogP contribution >= 0.6 is 0 Å². The quantitative estimate of drug-likeness (QED) is 0.182. The summed E-state index contributed by atoms with van der Waals surface area (Å²) in [5.41, 5.74) is 8.27. The van der Waals surface area contributed by atoms with E-state index in [1.165, 1.54) is 6.08 Å². The number of nitrogens with zero attached hydrogens (tertiary/aromatic N) is 2. The molecule has 4 nitrogen and oxygen atoms in total. The zero-order valence-corrected chi connectivity index (χ0v) is 5.50. The Balaban J connectivity index is 4.40. The van der Waals surface area contributed by atoms with Crippen molar-refractivity contribution in [2.45, 2.75) is 0 Å². The van der Waals surface area contributed by atoms with Crippen LogP contribution in [-0.4, -0.2) is 24.5 Å². The van der Waals surface area contributed by atoms with Crippen LogP contribution in [0, 0.1) is 0 Å². The zero-order chi connectivity index (χ0) is 7.33. The van der Waals surface area contributed by atoms with E-state index in [1.807, 2.05) is 0 Å². The molecule has 0 amide bonds. The molecule has 0 heterocycles. The lowest BCUT2D eigenvalue weighted by Gasteiger charge is -1.80. The van der Waals surface area contributed by atoms with Crippen LogP contribution in [0.3, 0.4) is 0 Å². The van der Waals surface area contributed by atoms with Gasteiger partial charge in [0.15, 0.2) is 0 Å². The Morgan fingerprint density at radius 1 is 1.67 bits per heavy atom. The molecule has 5 heteroatoms. The molecule has 0 aliphatic heterocycles. The van der Waals surface area contributed by atoms with Crippen LogP contribution < -0.4 is 0 Å². The summed E-state index contributed by atoms with van der Waals surface area (Å²) in [6.07, 6.45) is 1.22. The minimum Gasteiger partial charge on any atom is -0.361 e. The topological polar surface area (TPSA) is 70.5 Å². The normalized spacial score (nSPS) is 9.78. The highest BCUT2D eigenvalue weighted by Gasteiger charge is 2.07. The summed E-state index contributed by atoms with van der Waals surface area (Å²) in [6.45, 7) is 3.21. The molecule has 0 aromatic rings. The van der Waals surface area contributed by atoms with Gasteiger partial charge in [-0.15, -0.1) is 6.58 Å². The molecule has 0 atom stereocenters. The molecular formula is C4H6N2O2S. The first-order chi connectivity index (χ1) is 4.12. The molecule has 0 aliphatic rings. The van der Waals surface area contributed by atoms with Crippen LogP contribution in [0.25, 0.3) is 5.53 Å². The number of sulfone groups is 1. The Morgan fingerprint density at radius 2 is 2.22 bits per heavy atom. The van der Waals surface area contributed by atoms with Gasteiger partial charge in [0.05, 0.1) is 5.75 Å². The second kappa shape index (κ2) is 3.17. The molecular weight excluding hydrogens is 140 g/mol. The summed E-state index contributed by atoms with van der Waals surface area (Å²) in [7, 11) is -3.34. The second-order valence-electron chi connectivity index (χ2n) is 1.34. The minimum atomic E-state index is -3.34. The van der Waals surface area contributed by atoms with Gasteiger partial charge >= 0.3 is 5.55 Å². The maximum absolute atomic E-state index is 10.4. The molecule has 9 heavy (non-hydrogen) atoms. The van der Waals surface area contributed by atoms with E-state index < -0.39 is 9.84 Å². The molecule has 0 rings (SSSR count). The molecule has 0 bridgehead atoms. The summed E-state index contributed by atoms with van der Waals surface area (Å²) < 4.78 is 20.9. The maximum Gasteiger partial charge on any atom is 0.370 e. The van der Waals surface area contributed by atoms with Crippen LogP contribution in [0.15, 0.2) is 12.7 Å². The fourth-order valence-corrected chi connectivity index (χ4v) is 0.837. The third-order valence-corrected chi connectivity index (χ3v) is 1.67. The summed E-state index contributed by atoms with van der Waals surface area (Å²) in [5.74, 6) is -0.197. The molecule has 0 fully saturated rings. The highest BCUT2D eigenvalue weighted by atomic mass is 32.2. The van der Waals surface area contributed by atoms with E-state index >= 15 is 0 Å². The van der Waals surface area contributed by atoms with Crippen molar-refractivity contribution in [3.05, 3.63) is 18.2 Å². The molecule has 50 valence electrons. The van der Waals surface area contributed by atoms with Gasteiger partial charge in [-0.05, 0) is 0 Å². The van der Waals surface area contributed by atoms with Gasteiger partial charge in [-0.3, -0.25) is 0 Å². The van der Waals surface area contributed by atoms with Crippen molar-refractivity contribution in [2.24, 2.45) is 0 Å². The van der Waals surface area contributed by atoms with Gasteiger partial charge in [-0.1, -0.05) is 6.08 Å². The van der Waals surface area contributed by atoms with E-state index in [9.17, 15) is 8.42 Å². The molecule has 0 aromatic carbocycles. The van der Waals surface area contributed by atoms with Gasteiger partial charge < -0.3 is 5.53 Å². The predicted molar refractivity (Wildman–Crippen MR) is 33.7 cm³/mol. The van der Waals surface area contributed by atoms with Crippen LogP contribution in [0.1, 0.15) is 0 Å². The van der Waals surface area contributed by atoms with Crippen molar-refractivity contribution >= 4 is 15.4 Å². The average Bonchev–Trinajstić information content (AvgIpc) is 1.64. The van der Waals surface area contributed by atoms with E-state index in [0.29, 0.717) is 5.55 Å². The molecule has 0 N–H and O–H groups in total. The van der Waals surface area contributed by atoms with Crippen molar-refractivity contribution in [1.29, 1.82) is 0 Å². The number of hydrogen-bond donors (Lipinski definition) is 0. The van der Waals surface area contributed by atoms with Gasteiger partial charge in [-0.2, -0.15) is 4.79 Å². The Morgan fingerprint density at radius 3 is 2.56 bits per heavy atom. The van der Waals surface area contributed by atoms with Gasteiger partial charge in [0.25, 0.3) is 0 Å². The summed E-state index contributed by atoms with van der Waals surface area (Å²) in [5, 5.41) is 0. The molecule has 0 saturated heterocycles. The highest BCUT2D eigenvalue weighted by Crippen LogP contribution is 1.81. The monoisotopic (exact) mass is 146 g/mol. The fourth-order valence-electron chi connectivity index (χ4n) is 0.279. The van der Waals surface area contributed by atoms with Gasteiger partial charge in [0, 0.05) is 0 Å². The Kier molecular flexibility index (Phi) is 2.84. The lowest BCUT2D eigenvalue weighted by molar-refractivity contribution is 0.00756. The Hall–Kier alpha value is -0.930. The Bertz CT molecular complexity index is 235. The summed E-state index contributed by atoms with van der Waals surface area (Å²) >= 11 is 0. The van der Waals surface area contributed by atoms with E-state index in [-0.39, 0.29) is 5.75 Å². The van der Waals surface area contributed by atoms with E-state index in [0.717, 1.165) is 0 Å². The SMILES string of the molecule is C=CCS(=O)(=O)C=[N+]=[N-]. The smallest absolute Gasteiger partial charge is 0.361 e. The Labute approximate surface area is 53.4 Å². The molecule has 0 aromatic heterocycles. The van der Waals surface area contributed by atoms with Crippen molar-refractivity contribution < 1.29 is 13.2 Å². The first kappa shape index (κ1) is 8.07. The van der Waals surface area contributed by atoms with Crippen LogP contribution in [0.2, 0.25) is 0 Å². The maximum atomic E-state index is 10.4. The molecule has 0 aliphatic carbocycles. The highest BCUT2D eigenvalue weighted by molar-refractivity contribution is 8.04. The third-order valence-electron chi connectivity index (χ3n) is 0.558. The first-order valence-electron chi connectivity index (χ1n) is 2.13. The van der Waals surface area contributed by atoms with E-state index in [4.69, 9.17) is 5.53 Å². The molecule has 0 radical (unpaired) electrons. The number of rotatable bonds is 3. The summed E-state index contributed by atoms with van der Waals surface area (Å²) in [4.78, 5) is 2.37. The standard InChI is InChI=1S/C4H6N2O2S/c1-2-3-9(7,8)4-6-5/h2,4H,1,3H2. The van der Waals surface area contributed by atoms with Crippen LogP contribution in [0.4, 0.5) is 0 Å². The van der Waals surface area contributed by atoms with Gasteiger partial charge in [0.2, 0.25) is 9.84 Å². The molecule has 0 unspecified atom stereocenters. The van der Waals surface area contributed by atoms with Crippen LogP contribution in [-0.2, 0) is 9.84 Å². The van der Waals surface area contributed by atoms with Crippen molar-refractivity contribution in [3.63, 3.8) is 0 Å².